The Morgan fingerprint density at radius 1 is 0.841 bits per heavy atom. The molecule has 348 valence electrons. The van der Waals surface area contributed by atoms with Crippen LogP contribution in [0.3, 0.4) is 0 Å². The number of carbonyl (C=O) groups is 2. The zero-order valence-electron chi connectivity index (χ0n) is 38.9. The fourth-order valence-electron chi connectivity index (χ4n) is 11.9. The van der Waals surface area contributed by atoms with Crippen LogP contribution in [0.15, 0.2) is 35.9 Å². The monoisotopic (exact) mass is 894 g/mol. The Morgan fingerprint density at radius 3 is 2.25 bits per heavy atom. The lowest BCUT2D eigenvalue weighted by Crippen LogP contribution is -2.59. The molecule has 3 aliphatic carbocycles. The van der Waals surface area contributed by atoms with Crippen LogP contribution in [0.4, 0.5) is 0 Å². The van der Waals surface area contributed by atoms with Crippen molar-refractivity contribution >= 4 is 23.1 Å². The van der Waals surface area contributed by atoms with Gasteiger partial charge in [-0.3, -0.25) is 9.59 Å². The Morgan fingerprint density at radius 2 is 1.59 bits per heavy atom. The maximum Gasteiger partial charge on any atom is 0.306 e. The summed E-state index contributed by atoms with van der Waals surface area (Å²) in [6.07, 6.45) is 5.15. The molecule has 1 saturated carbocycles. The predicted molar refractivity (Wildman–Crippen MR) is 238 cm³/mol. The van der Waals surface area contributed by atoms with E-state index in [1.165, 1.54) is 0 Å². The molecule has 4 heterocycles. The predicted octanol–water partition coefficient (Wildman–Crippen LogP) is 7.70. The summed E-state index contributed by atoms with van der Waals surface area (Å²) < 4.78 is 56.1. The molecule has 3 aliphatic heterocycles. The van der Waals surface area contributed by atoms with Crippen molar-refractivity contribution in [3.63, 3.8) is 0 Å². The maximum atomic E-state index is 15.3. The van der Waals surface area contributed by atoms with Crippen molar-refractivity contribution in [2.45, 2.75) is 165 Å². The summed E-state index contributed by atoms with van der Waals surface area (Å²) in [6.45, 7) is 8.17. The number of nitrogens with zero attached hydrogens (tertiary/aromatic N) is 2. The lowest BCUT2D eigenvalue weighted by Gasteiger charge is -2.44. The van der Waals surface area contributed by atoms with E-state index in [2.05, 4.69) is 38.9 Å². The van der Waals surface area contributed by atoms with Crippen molar-refractivity contribution in [3.05, 3.63) is 46.5 Å². The first-order valence-electron chi connectivity index (χ1n) is 23.3. The van der Waals surface area contributed by atoms with Gasteiger partial charge in [-0.15, -0.1) is 11.3 Å². The number of Topliss-reactive ketones (excluding diaryl/α,β-unsaturated/α-hetero) is 1. The number of hydrogen-bond acceptors (Lipinski definition) is 14. The second kappa shape index (κ2) is 20.0. The molecule has 6 aliphatic rings. The number of fused-ring (bicyclic) bond motifs is 8. The minimum Gasteiger partial charge on any atom is -0.497 e. The van der Waals surface area contributed by atoms with Gasteiger partial charge in [-0.2, -0.15) is 0 Å². The number of likely N-dealkylation sites (N-methyl/N-ethyl adjacent to an activating group) is 1. The molecule has 14 heteroatoms. The summed E-state index contributed by atoms with van der Waals surface area (Å²) in [7, 11) is 10.8. The SMILES string of the molecule is CC[C@H]1CCC[C@H](O[C@H]2CC[C@H](N(C)C)C(C)O2)[C@@H](C)C(=O)C2=C[C@H]3[C@@H]4C[C@H](O[C@@H]5OC(C)[C@H](OC)C(OC)C5OC)C[C@H]4c4nc(-c5ccc(OC)cc5)sc4[C@H]3[C@@H]2CC(=O)O1. The van der Waals surface area contributed by atoms with Gasteiger partial charge in [0.15, 0.2) is 18.4 Å². The number of allylic oxidation sites excluding steroid dienone is 2. The van der Waals surface area contributed by atoms with Crippen LogP contribution < -0.4 is 4.74 Å². The first-order valence-corrected chi connectivity index (χ1v) is 24.2. The molecule has 63 heavy (non-hydrogen) atoms. The quantitative estimate of drug-likeness (QED) is 0.204. The van der Waals surface area contributed by atoms with E-state index < -0.39 is 18.3 Å². The average Bonchev–Trinajstić information content (AvgIpc) is 4.00. The largest absolute Gasteiger partial charge is 0.497 e. The number of ketones is 1. The van der Waals surface area contributed by atoms with Crippen LogP contribution in [0.25, 0.3) is 10.6 Å². The van der Waals surface area contributed by atoms with E-state index in [1.807, 2.05) is 38.1 Å². The third-order valence-corrected chi connectivity index (χ3v) is 16.5. The summed E-state index contributed by atoms with van der Waals surface area (Å²) >= 11 is 1.68. The molecule has 0 amide bonds. The lowest BCUT2D eigenvalue weighted by molar-refractivity contribution is -0.314. The fraction of sp³-hybridized carbons (Fsp3) is 0.735. The van der Waals surface area contributed by atoms with Crippen molar-refractivity contribution < 1.29 is 52.2 Å². The first kappa shape index (κ1) is 46.7. The lowest BCUT2D eigenvalue weighted by atomic mass is 9.67. The van der Waals surface area contributed by atoms with Crippen molar-refractivity contribution in [1.29, 1.82) is 0 Å². The minimum atomic E-state index is -0.672. The van der Waals surface area contributed by atoms with Crippen LogP contribution in [-0.4, -0.2) is 132 Å². The second-order valence-corrected chi connectivity index (χ2v) is 20.0. The van der Waals surface area contributed by atoms with Gasteiger partial charge in [-0.1, -0.05) is 19.9 Å². The van der Waals surface area contributed by atoms with E-state index in [9.17, 15) is 4.79 Å². The number of carbonyl (C=O) groups excluding carboxylic acids is 2. The minimum absolute atomic E-state index is 0.00523. The molecule has 0 N–H and O–H groups in total. The van der Waals surface area contributed by atoms with Gasteiger partial charge in [0.1, 0.15) is 35.2 Å². The summed E-state index contributed by atoms with van der Waals surface area (Å²) in [5.41, 5.74) is 2.76. The molecule has 0 spiro atoms. The van der Waals surface area contributed by atoms with Crippen LogP contribution >= 0.6 is 11.3 Å². The van der Waals surface area contributed by atoms with E-state index in [0.29, 0.717) is 18.9 Å². The third-order valence-electron chi connectivity index (χ3n) is 15.2. The van der Waals surface area contributed by atoms with Crippen LogP contribution in [-0.2, 0) is 47.5 Å². The molecular weight excluding hydrogens is 825 g/mol. The molecule has 1 aromatic carbocycles. The number of rotatable bonds is 11. The topological polar surface area (TPSA) is 133 Å². The number of aromatic nitrogens is 1. The normalized spacial score (nSPS) is 39.6. The Labute approximate surface area is 377 Å². The van der Waals surface area contributed by atoms with Gasteiger partial charge in [0.2, 0.25) is 0 Å². The van der Waals surface area contributed by atoms with Crippen LogP contribution in [0.5, 0.6) is 5.75 Å². The second-order valence-electron chi connectivity index (χ2n) is 19.0. The van der Waals surface area contributed by atoms with Gasteiger partial charge in [0.05, 0.1) is 43.6 Å². The van der Waals surface area contributed by atoms with Gasteiger partial charge in [0, 0.05) is 61.5 Å². The van der Waals surface area contributed by atoms with Gasteiger partial charge in [-0.05, 0) is 121 Å². The van der Waals surface area contributed by atoms with Gasteiger partial charge < -0.3 is 47.5 Å². The van der Waals surface area contributed by atoms with E-state index in [1.54, 1.807) is 39.8 Å². The molecule has 4 unspecified atom stereocenters. The fourth-order valence-corrected chi connectivity index (χ4v) is 13.3. The van der Waals surface area contributed by atoms with E-state index >= 15 is 4.79 Å². The summed E-state index contributed by atoms with van der Waals surface area (Å²) in [5.74, 6) is -0.218. The van der Waals surface area contributed by atoms with Gasteiger partial charge in [0.25, 0.3) is 0 Å². The van der Waals surface area contributed by atoms with E-state index in [0.717, 1.165) is 71.0 Å². The maximum absolute atomic E-state index is 15.3. The van der Waals surface area contributed by atoms with Crippen molar-refractivity contribution in [3.8, 4) is 16.3 Å². The highest BCUT2D eigenvalue weighted by atomic mass is 32.1. The number of cyclic esters (lactones) is 1. The van der Waals surface area contributed by atoms with Crippen molar-refractivity contribution in [1.82, 2.24) is 9.88 Å². The van der Waals surface area contributed by atoms with E-state index in [4.69, 9.17) is 47.6 Å². The molecule has 3 saturated heterocycles. The third kappa shape index (κ3) is 9.32. The molecule has 8 rings (SSSR count). The summed E-state index contributed by atoms with van der Waals surface area (Å²) in [6, 6.07) is 8.32. The summed E-state index contributed by atoms with van der Waals surface area (Å²) in [4.78, 5) is 38.1. The van der Waals surface area contributed by atoms with Gasteiger partial charge in [-0.25, -0.2) is 4.98 Å². The number of thiazole rings is 1. The molecule has 2 aromatic rings. The molecule has 4 fully saturated rings. The number of benzene rings is 1. The molecular formula is C49H70N2O11S. The first-order chi connectivity index (χ1) is 30.4. The Bertz CT molecular complexity index is 1920. The van der Waals surface area contributed by atoms with Crippen molar-refractivity contribution in [2.75, 3.05) is 42.5 Å². The zero-order valence-corrected chi connectivity index (χ0v) is 39.7. The number of ether oxygens (including phenoxy) is 9. The highest BCUT2D eigenvalue weighted by molar-refractivity contribution is 7.15. The number of esters is 1. The standard InChI is InChI=1S/C49H70N2O11S/c1-11-29-13-12-14-38(62-40-20-19-37(51(5)6)26(3)58-40)25(2)43(53)36-23-33-32-21-31(61-49-46(57-10)45(56-9)44(55-8)27(4)59-49)22-35(32)42-47(41(33)34(36)24-39(52)60-29)63-48(50-42)28-15-17-30(54-7)18-16-28/h15-18,23,25-27,29,31-35,37-38,40-41,44-46,49H,11-14,19-22,24H2,1-10H3/t25-,26?,27?,29+,31+,32+,33+,34-,35-,37+,38+,40+,41-,44+,45?,46?,49+/m1/s1. The number of methoxy groups -OCH3 is 4. The van der Waals surface area contributed by atoms with Crippen molar-refractivity contribution in [2.24, 2.45) is 23.7 Å². The zero-order chi connectivity index (χ0) is 44.7. The number of hydrogen-bond donors (Lipinski definition) is 0. The molecule has 13 nitrogen and oxygen atoms in total. The Hall–Kier alpha value is -2.79. The van der Waals surface area contributed by atoms with Crippen LogP contribution in [0, 0.1) is 23.7 Å². The van der Waals surface area contributed by atoms with E-state index in [-0.39, 0.29) is 96.8 Å². The molecule has 0 radical (unpaired) electrons. The van der Waals surface area contributed by atoms with Crippen LogP contribution in [0.2, 0.25) is 0 Å². The molecule has 0 bridgehead atoms. The Balaban J connectivity index is 1.14. The Kier molecular flexibility index (Phi) is 14.8. The average molecular weight is 895 g/mol. The molecule has 1 aromatic heterocycles. The smallest absolute Gasteiger partial charge is 0.306 e. The van der Waals surface area contributed by atoms with Crippen LogP contribution in [0.1, 0.15) is 108 Å². The highest BCUT2D eigenvalue weighted by Crippen LogP contribution is 2.63. The molecule has 17 atom stereocenters. The summed E-state index contributed by atoms with van der Waals surface area (Å²) in [5, 5.41) is 0.908. The highest BCUT2D eigenvalue weighted by Gasteiger charge is 2.57. The van der Waals surface area contributed by atoms with Gasteiger partial charge >= 0.3 is 5.97 Å².